The van der Waals surface area contributed by atoms with Crippen molar-refractivity contribution in [1.29, 1.82) is 0 Å². The second-order valence-electron chi connectivity index (χ2n) is 8.41. The highest BCUT2D eigenvalue weighted by Gasteiger charge is 2.30. The first kappa shape index (κ1) is 19.9. The van der Waals surface area contributed by atoms with Gasteiger partial charge < -0.3 is 20.4 Å². The van der Waals surface area contributed by atoms with Crippen LogP contribution in [-0.2, 0) is 0 Å². The minimum atomic E-state index is 0.558. The highest BCUT2D eigenvalue weighted by Crippen LogP contribution is 2.26. The van der Waals surface area contributed by atoms with Gasteiger partial charge in [-0.25, -0.2) is 0 Å². The van der Waals surface area contributed by atoms with Crippen LogP contribution in [-0.4, -0.2) is 99.2 Å². The molecular weight excluding hydrogens is 324 g/mol. The quantitative estimate of drug-likeness (QED) is 0.421. The zero-order valence-electron chi connectivity index (χ0n) is 17.1. The molecule has 1 unspecified atom stereocenters. The summed E-state index contributed by atoms with van der Waals surface area (Å²) in [4.78, 5) is 12.2. The Bertz CT molecular complexity index is 434. The molecule has 3 aliphatic rings. The fraction of sp³-hybridized carbons (Fsp3) is 0.950. The summed E-state index contributed by atoms with van der Waals surface area (Å²) in [5, 5.41) is 7.18. The van der Waals surface area contributed by atoms with Crippen molar-refractivity contribution in [3.8, 4) is 0 Å². The van der Waals surface area contributed by atoms with Crippen LogP contribution in [0, 0.1) is 0 Å². The summed E-state index contributed by atoms with van der Waals surface area (Å²) in [6.07, 6.45) is 9.40. The van der Waals surface area contributed by atoms with Crippen molar-refractivity contribution in [2.45, 2.75) is 57.0 Å². The summed E-state index contributed by atoms with van der Waals surface area (Å²) >= 11 is 0. The van der Waals surface area contributed by atoms with Gasteiger partial charge in [0.05, 0.1) is 0 Å². The lowest BCUT2D eigenvalue weighted by Crippen LogP contribution is -2.45. The third kappa shape index (κ3) is 6.10. The lowest BCUT2D eigenvalue weighted by Gasteiger charge is -2.24. The molecule has 1 saturated carbocycles. The molecule has 0 aromatic carbocycles. The van der Waals surface area contributed by atoms with Crippen LogP contribution < -0.4 is 10.6 Å². The number of rotatable bonds is 6. The van der Waals surface area contributed by atoms with Crippen molar-refractivity contribution in [3.63, 3.8) is 0 Å². The van der Waals surface area contributed by atoms with Gasteiger partial charge in [0, 0.05) is 51.9 Å². The molecular formula is C20H40N6. The summed E-state index contributed by atoms with van der Waals surface area (Å²) in [6.45, 7) is 9.54. The van der Waals surface area contributed by atoms with E-state index in [2.05, 4.69) is 37.4 Å². The van der Waals surface area contributed by atoms with Gasteiger partial charge in [-0.3, -0.25) is 9.89 Å². The van der Waals surface area contributed by atoms with Crippen LogP contribution in [0.1, 0.15) is 44.9 Å². The first-order valence-electron chi connectivity index (χ1n) is 10.9. The van der Waals surface area contributed by atoms with E-state index in [1.54, 1.807) is 0 Å². The molecule has 1 atom stereocenters. The van der Waals surface area contributed by atoms with Crippen molar-refractivity contribution >= 4 is 5.96 Å². The van der Waals surface area contributed by atoms with Gasteiger partial charge in [0.1, 0.15) is 0 Å². The number of nitrogens with zero attached hydrogens (tertiary/aromatic N) is 4. The van der Waals surface area contributed by atoms with Crippen molar-refractivity contribution in [2.75, 3.05) is 66.5 Å². The Labute approximate surface area is 160 Å². The zero-order chi connectivity index (χ0) is 18.2. The van der Waals surface area contributed by atoms with E-state index in [1.165, 1.54) is 90.8 Å². The molecule has 2 aliphatic heterocycles. The maximum absolute atomic E-state index is 4.44. The second kappa shape index (κ2) is 10.5. The zero-order valence-corrected chi connectivity index (χ0v) is 17.1. The Morgan fingerprint density at radius 3 is 2.65 bits per heavy atom. The van der Waals surface area contributed by atoms with Crippen LogP contribution in [0.15, 0.2) is 4.99 Å². The number of aliphatic imine (C=N–C) groups is 1. The third-order valence-electron chi connectivity index (χ3n) is 6.38. The van der Waals surface area contributed by atoms with Crippen LogP contribution in [0.3, 0.4) is 0 Å². The van der Waals surface area contributed by atoms with Gasteiger partial charge in [-0.1, -0.05) is 12.8 Å². The van der Waals surface area contributed by atoms with Crippen molar-refractivity contribution < 1.29 is 0 Å². The van der Waals surface area contributed by atoms with E-state index in [0.717, 1.165) is 18.5 Å². The molecule has 0 aromatic heterocycles. The molecule has 3 rings (SSSR count). The maximum atomic E-state index is 4.44. The van der Waals surface area contributed by atoms with Gasteiger partial charge in [-0.15, -0.1) is 0 Å². The van der Waals surface area contributed by atoms with Crippen molar-refractivity contribution in [2.24, 2.45) is 4.99 Å². The monoisotopic (exact) mass is 364 g/mol. The Hall–Kier alpha value is -0.850. The molecule has 2 heterocycles. The second-order valence-corrected chi connectivity index (χ2v) is 8.41. The molecule has 0 radical (unpaired) electrons. The number of likely N-dealkylation sites (N-methyl/N-ethyl adjacent to an activating group) is 1. The van der Waals surface area contributed by atoms with Crippen molar-refractivity contribution in [1.82, 2.24) is 25.3 Å². The largest absolute Gasteiger partial charge is 0.356 e. The highest BCUT2D eigenvalue weighted by molar-refractivity contribution is 5.79. The van der Waals surface area contributed by atoms with E-state index in [0.29, 0.717) is 6.04 Å². The third-order valence-corrected chi connectivity index (χ3v) is 6.38. The number of likely N-dealkylation sites (tertiary alicyclic amines) is 1. The molecule has 0 spiro atoms. The van der Waals surface area contributed by atoms with Gasteiger partial charge in [-0.2, -0.15) is 0 Å². The molecule has 6 heteroatoms. The Balaban J connectivity index is 1.30. The molecule has 2 N–H and O–H groups in total. The predicted octanol–water partition coefficient (Wildman–Crippen LogP) is 1.20. The fourth-order valence-corrected chi connectivity index (χ4v) is 4.73. The summed E-state index contributed by atoms with van der Waals surface area (Å²) in [5.74, 6) is 0.985. The minimum absolute atomic E-state index is 0.558. The SMILES string of the molecule is CN=C(NCCCN1CCCN(C)CC1)NC1CCN(C2CCCC2)C1. The fourth-order valence-electron chi connectivity index (χ4n) is 4.73. The smallest absolute Gasteiger partial charge is 0.191 e. The molecule has 0 bridgehead atoms. The molecule has 1 aliphatic carbocycles. The van der Waals surface area contributed by atoms with E-state index in [1.807, 2.05) is 7.05 Å². The van der Waals surface area contributed by atoms with Gasteiger partial charge in [0.15, 0.2) is 5.96 Å². The predicted molar refractivity (Wildman–Crippen MR) is 110 cm³/mol. The van der Waals surface area contributed by atoms with Gasteiger partial charge in [0.2, 0.25) is 0 Å². The molecule has 0 amide bonds. The summed E-state index contributed by atoms with van der Waals surface area (Å²) in [5.41, 5.74) is 0. The standard InChI is InChI=1S/C20H40N6/c1-21-20(22-10-5-12-25-13-6-11-24(2)15-16-25)23-18-9-14-26(17-18)19-7-3-4-8-19/h18-19H,3-17H2,1-2H3,(H2,21,22,23). The Morgan fingerprint density at radius 2 is 1.85 bits per heavy atom. The van der Waals surface area contributed by atoms with Crippen molar-refractivity contribution in [3.05, 3.63) is 0 Å². The summed E-state index contributed by atoms with van der Waals surface area (Å²) in [7, 11) is 4.13. The van der Waals surface area contributed by atoms with E-state index in [-0.39, 0.29) is 0 Å². The first-order valence-corrected chi connectivity index (χ1v) is 10.9. The molecule has 6 nitrogen and oxygen atoms in total. The van der Waals surface area contributed by atoms with E-state index in [9.17, 15) is 0 Å². The first-order chi connectivity index (χ1) is 12.7. The average Bonchev–Trinajstić information content (AvgIpc) is 3.29. The summed E-state index contributed by atoms with van der Waals surface area (Å²) < 4.78 is 0. The maximum Gasteiger partial charge on any atom is 0.191 e. The van der Waals surface area contributed by atoms with Crippen LogP contribution >= 0.6 is 0 Å². The van der Waals surface area contributed by atoms with E-state index in [4.69, 9.17) is 0 Å². The van der Waals surface area contributed by atoms with E-state index < -0.39 is 0 Å². The topological polar surface area (TPSA) is 46.1 Å². The summed E-state index contributed by atoms with van der Waals surface area (Å²) in [6, 6.07) is 1.41. The lowest BCUT2D eigenvalue weighted by molar-refractivity contribution is 0.242. The molecule has 0 aromatic rings. The van der Waals surface area contributed by atoms with E-state index >= 15 is 0 Å². The van der Waals surface area contributed by atoms with Crippen LogP contribution in [0.5, 0.6) is 0 Å². The minimum Gasteiger partial charge on any atom is -0.356 e. The lowest BCUT2D eigenvalue weighted by atomic mass is 10.2. The van der Waals surface area contributed by atoms with Crippen LogP contribution in [0.4, 0.5) is 0 Å². The van der Waals surface area contributed by atoms with Gasteiger partial charge in [-0.05, 0) is 58.8 Å². The molecule has 26 heavy (non-hydrogen) atoms. The number of hydrogen-bond acceptors (Lipinski definition) is 4. The molecule has 150 valence electrons. The van der Waals surface area contributed by atoms with Gasteiger partial charge >= 0.3 is 0 Å². The number of nitrogens with one attached hydrogen (secondary N) is 2. The highest BCUT2D eigenvalue weighted by atomic mass is 15.3. The number of hydrogen-bond donors (Lipinski definition) is 2. The van der Waals surface area contributed by atoms with Crippen LogP contribution in [0.2, 0.25) is 0 Å². The Kier molecular flexibility index (Phi) is 8.02. The average molecular weight is 365 g/mol. The molecule has 3 fully saturated rings. The van der Waals surface area contributed by atoms with Crippen LogP contribution in [0.25, 0.3) is 0 Å². The Morgan fingerprint density at radius 1 is 1.00 bits per heavy atom. The normalized spacial score (nSPS) is 27.8. The number of guanidine groups is 1. The van der Waals surface area contributed by atoms with Gasteiger partial charge in [0.25, 0.3) is 0 Å². The molecule has 2 saturated heterocycles.